The van der Waals surface area contributed by atoms with Crippen LogP contribution in [0.2, 0.25) is 0 Å². The number of benzene rings is 1. The largest absolute Gasteiger partial charge is 0.314 e. The van der Waals surface area contributed by atoms with Crippen molar-refractivity contribution in [3.8, 4) is 0 Å². The second-order valence-electron chi connectivity index (χ2n) is 5.71. The number of hydrogen-bond donors (Lipinski definition) is 1. The summed E-state index contributed by atoms with van der Waals surface area (Å²) < 4.78 is 41.1. The minimum Gasteiger partial charge on any atom is -0.314 e. The van der Waals surface area contributed by atoms with Crippen LogP contribution in [0.15, 0.2) is 12.1 Å². The fourth-order valence-corrected chi connectivity index (χ4v) is 3.26. The Morgan fingerprint density at radius 2 is 1.76 bits per heavy atom. The first-order chi connectivity index (χ1) is 9.66. The molecule has 1 atom stereocenters. The smallest absolute Gasteiger partial charge is 0.163 e. The first kappa shape index (κ1) is 16.6. The second-order valence-corrected chi connectivity index (χ2v) is 5.71. The average molecular weight is 321 g/mol. The predicted octanol–water partition coefficient (Wildman–Crippen LogP) is 3.27. The van der Waals surface area contributed by atoms with Gasteiger partial charge < -0.3 is 5.32 Å². The third-order valence-electron chi connectivity index (χ3n) is 4.48. The van der Waals surface area contributed by atoms with Crippen LogP contribution >= 0.6 is 12.4 Å². The summed E-state index contributed by atoms with van der Waals surface area (Å²) in [4.78, 5) is 2.16. The highest BCUT2D eigenvalue weighted by Gasteiger charge is 2.36. The Kier molecular flexibility index (Phi) is 5.52. The van der Waals surface area contributed by atoms with Crippen molar-refractivity contribution in [3.63, 3.8) is 0 Å². The lowest BCUT2D eigenvalue weighted by Crippen LogP contribution is -2.48. The van der Waals surface area contributed by atoms with Gasteiger partial charge in [0.15, 0.2) is 11.6 Å². The number of rotatable bonds is 3. The van der Waals surface area contributed by atoms with Crippen LogP contribution in [0.4, 0.5) is 13.2 Å². The first-order valence-electron chi connectivity index (χ1n) is 7.26. The number of halogens is 4. The lowest BCUT2D eigenvalue weighted by molar-refractivity contribution is 0.0804. The lowest BCUT2D eigenvalue weighted by Gasteiger charge is -2.43. The van der Waals surface area contributed by atoms with E-state index in [1.807, 2.05) is 0 Å². The molecule has 6 heteroatoms. The minimum atomic E-state index is -1.08. The molecule has 3 rings (SSSR count). The van der Waals surface area contributed by atoms with Crippen LogP contribution < -0.4 is 5.32 Å². The second kappa shape index (κ2) is 6.99. The van der Waals surface area contributed by atoms with Crippen molar-refractivity contribution < 1.29 is 13.2 Å². The van der Waals surface area contributed by atoms with E-state index in [-0.39, 0.29) is 24.0 Å². The van der Waals surface area contributed by atoms with E-state index >= 15 is 0 Å². The highest BCUT2D eigenvalue weighted by atomic mass is 35.5. The molecule has 2 aliphatic rings. The predicted molar refractivity (Wildman–Crippen MR) is 78.1 cm³/mol. The van der Waals surface area contributed by atoms with Gasteiger partial charge in [0, 0.05) is 43.9 Å². The number of piperazine rings is 1. The zero-order chi connectivity index (χ0) is 14.1. The first-order valence-corrected chi connectivity index (χ1v) is 7.26. The Morgan fingerprint density at radius 1 is 1.10 bits per heavy atom. The number of hydrogen-bond acceptors (Lipinski definition) is 2. The van der Waals surface area contributed by atoms with Crippen molar-refractivity contribution >= 4 is 12.4 Å². The van der Waals surface area contributed by atoms with Gasteiger partial charge in [0.1, 0.15) is 5.82 Å². The van der Waals surface area contributed by atoms with Crippen LogP contribution in [-0.4, -0.2) is 31.1 Å². The van der Waals surface area contributed by atoms with Gasteiger partial charge in [-0.15, -0.1) is 12.4 Å². The molecular weight excluding hydrogens is 301 g/mol. The molecule has 1 aliphatic carbocycles. The molecule has 1 aromatic carbocycles. The average Bonchev–Trinajstić information content (AvgIpc) is 2.39. The Balaban J connectivity index is 0.00000161. The molecule has 21 heavy (non-hydrogen) atoms. The van der Waals surface area contributed by atoms with E-state index in [1.165, 1.54) is 6.07 Å². The molecule has 0 unspecified atom stereocenters. The van der Waals surface area contributed by atoms with Crippen LogP contribution in [0.3, 0.4) is 0 Å². The van der Waals surface area contributed by atoms with Crippen LogP contribution in [0.25, 0.3) is 0 Å². The van der Waals surface area contributed by atoms with Gasteiger partial charge in [-0.25, -0.2) is 13.2 Å². The maximum atomic E-state index is 14.1. The monoisotopic (exact) mass is 320 g/mol. The molecule has 2 nitrogen and oxygen atoms in total. The molecule has 0 radical (unpaired) electrons. The van der Waals surface area contributed by atoms with Gasteiger partial charge in [-0.3, -0.25) is 4.90 Å². The summed E-state index contributed by atoms with van der Waals surface area (Å²) in [7, 11) is 0. The van der Waals surface area contributed by atoms with Gasteiger partial charge in [-0.05, 0) is 24.8 Å². The zero-order valence-electron chi connectivity index (χ0n) is 11.7. The van der Waals surface area contributed by atoms with Crippen molar-refractivity contribution in [3.05, 3.63) is 35.1 Å². The minimum absolute atomic E-state index is 0. The summed E-state index contributed by atoms with van der Waals surface area (Å²) in [6, 6.07) is 1.59. The standard InChI is InChI=1S/C15H19F3N2.ClH/c16-11-8-12(14(18)13(17)9-11)15(10-2-1-3-10)20-6-4-19-5-7-20;/h8-10,15,19H,1-7H2;1H/t15-;/m1./s1. The summed E-state index contributed by atoms with van der Waals surface area (Å²) in [5, 5.41) is 3.25. The van der Waals surface area contributed by atoms with Gasteiger partial charge >= 0.3 is 0 Å². The molecule has 0 aromatic heterocycles. The normalized spacial score (nSPS) is 21.5. The van der Waals surface area contributed by atoms with Gasteiger partial charge in [-0.1, -0.05) is 6.42 Å². The summed E-state index contributed by atoms with van der Waals surface area (Å²) in [5.74, 6) is -2.36. The fourth-order valence-electron chi connectivity index (χ4n) is 3.26. The maximum Gasteiger partial charge on any atom is 0.163 e. The topological polar surface area (TPSA) is 15.3 Å². The molecule has 0 spiro atoms. The number of nitrogens with one attached hydrogen (secondary N) is 1. The third-order valence-corrected chi connectivity index (χ3v) is 4.48. The highest BCUT2D eigenvalue weighted by Crippen LogP contribution is 2.42. The molecule has 1 heterocycles. The van der Waals surface area contributed by atoms with Crippen molar-refractivity contribution in [2.75, 3.05) is 26.2 Å². The van der Waals surface area contributed by atoms with E-state index in [9.17, 15) is 13.2 Å². The summed E-state index contributed by atoms with van der Waals surface area (Å²) in [6.07, 6.45) is 3.13. The van der Waals surface area contributed by atoms with Crippen LogP contribution in [0.5, 0.6) is 0 Å². The highest BCUT2D eigenvalue weighted by molar-refractivity contribution is 5.85. The SMILES string of the molecule is Cl.Fc1cc(F)c(F)c([C@@H](C2CCC2)N2CCNCC2)c1. The Hall–Kier alpha value is -0.780. The lowest BCUT2D eigenvalue weighted by atomic mass is 9.76. The third kappa shape index (κ3) is 3.35. The van der Waals surface area contributed by atoms with Gasteiger partial charge in [0.05, 0.1) is 0 Å². The van der Waals surface area contributed by atoms with Crippen molar-refractivity contribution in [2.24, 2.45) is 5.92 Å². The molecule has 0 bridgehead atoms. The van der Waals surface area contributed by atoms with Crippen molar-refractivity contribution in [2.45, 2.75) is 25.3 Å². The maximum absolute atomic E-state index is 14.1. The molecule has 0 amide bonds. The van der Waals surface area contributed by atoms with E-state index < -0.39 is 17.5 Å². The molecule has 1 saturated heterocycles. The Morgan fingerprint density at radius 3 is 2.33 bits per heavy atom. The quantitative estimate of drug-likeness (QED) is 0.860. The fraction of sp³-hybridized carbons (Fsp3) is 0.600. The molecule has 2 fully saturated rings. The number of nitrogens with zero attached hydrogens (tertiary/aromatic N) is 1. The summed E-state index contributed by atoms with van der Waals surface area (Å²) in [6.45, 7) is 3.25. The zero-order valence-corrected chi connectivity index (χ0v) is 12.6. The molecular formula is C15H20ClF3N2. The van der Waals surface area contributed by atoms with Crippen LogP contribution in [0, 0.1) is 23.4 Å². The van der Waals surface area contributed by atoms with Crippen LogP contribution in [0.1, 0.15) is 30.9 Å². The summed E-state index contributed by atoms with van der Waals surface area (Å²) in [5.41, 5.74) is 0.189. The van der Waals surface area contributed by atoms with E-state index in [0.717, 1.165) is 45.4 Å². The molecule has 1 saturated carbocycles. The molecule has 1 aliphatic heterocycles. The van der Waals surface area contributed by atoms with Gasteiger partial charge in [0.2, 0.25) is 0 Å². The van der Waals surface area contributed by atoms with E-state index in [1.54, 1.807) is 0 Å². The van der Waals surface area contributed by atoms with E-state index in [2.05, 4.69) is 10.2 Å². The molecule has 1 N–H and O–H groups in total. The van der Waals surface area contributed by atoms with Crippen molar-refractivity contribution in [1.82, 2.24) is 10.2 Å². The molecule has 1 aromatic rings. The van der Waals surface area contributed by atoms with Gasteiger partial charge in [0.25, 0.3) is 0 Å². The van der Waals surface area contributed by atoms with Crippen molar-refractivity contribution in [1.29, 1.82) is 0 Å². The summed E-state index contributed by atoms with van der Waals surface area (Å²) >= 11 is 0. The Labute approximate surface area is 129 Å². The van der Waals surface area contributed by atoms with E-state index in [0.29, 0.717) is 12.0 Å². The Bertz CT molecular complexity index is 488. The van der Waals surface area contributed by atoms with E-state index in [4.69, 9.17) is 0 Å². The van der Waals surface area contributed by atoms with Crippen LogP contribution in [-0.2, 0) is 0 Å². The van der Waals surface area contributed by atoms with Gasteiger partial charge in [-0.2, -0.15) is 0 Å². The molecule has 118 valence electrons.